The maximum absolute atomic E-state index is 12.3. The second kappa shape index (κ2) is 7.43. The SMILES string of the molecule is Cc1ccc(NC(=O)Cn2cnc(-c3noc(-c4cccnc4)n3)c2)cc1C. The number of rotatable bonds is 5. The average molecular weight is 374 g/mol. The lowest BCUT2D eigenvalue weighted by molar-refractivity contribution is -0.116. The molecule has 0 fully saturated rings. The van der Waals surface area contributed by atoms with Crippen LogP contribution in [0, 0.1) is 13.8 Å². The number of aromatic nitrogens is 5. The Morgan fingerprint density at radius 1 is 1.21 bits per heavy atom. The standard InChI is InChI=1S/C20H18N6O2/c1-13-5-6-16(8-14(13)2)23-18(27)11-26-10-17(22-12-26)19-24-20(28-25-19)15-4-3-7-21-9-15/h3-10,12H,11H2,1-2H3,(H,23,27). The molecule has 3 aromatic heterocycles. The van der Waals surface area contributed by atoms with Crippen molar-refractivity contribution in [1.82, 2.24) is 24.7 Å². The first-order chi connectivity index (χ1) is 13.6. The van der Waals surface area contributed by atoms with Crippen molar-refractivity contribution in [1.29, 1.82) is 0 Å². The molecule has 0 bridgehead atoms. The van der Waals surface area contributed by atoms with Crippen molar-refractivity contribution in [3.63, 3.8) is 0 Å². The quantitative estimate of drug-likeness (QED) is 0.576. The molecule has 0 radical (unpaired) electrons. The van der Waals surface area contributed by atoms with Crippen molar-refractivity contribution < 1.29 is 9.32 Å². The summed E-state index contributed by atoms with van der Waals surface area (Å²) in [4.78, 5) is 24.9. The normalized spacial score (nSPS) is 10.8. The van der Waals surface area contributed by atoms with Gasteiger partial charge >= 0.3 is 0 Å². The van der Waals surface area contributed by atoms with Crippen LogP contribution in [0.25, 0.3) is 23.0 Å². The Kier molecular flexibility index (Phi) is 4.67. The Morgan fingerprint density at radius 2 is 2.11 bits per heavy atom. The van der Waals surface area contributed by atoms with Gasteiger partial charge in [0.25, 0.3) is 5.89 Å². The summed E-state index contributed by atoms with van der Waals surface area (Å²) < 4.78 is 6.94. The molecule has 1 amide bonds. The highest BCUT2D eigenvalue weighted by Crippen LogP contribution is 2.20. The number of anilines is 1. The molecule has 8 nitrogen and oxygen atoms in total. The second-order valence-corrected chi connectivity index (χ2v) is 6.44. The maximum atomic E-state index is 12.3. The highest BCUT2D eigenvalue weighted by molar-refractivity contribution is 5.90. The molecule has 8 heteroatoms. The third kappa shape index (κ3) is 3.80. The molecule has 4 rings (SSSR count). The van der Waals surface area contributed by atoms with E-state index in [1.807, 2.05) is 38.1 Å². The molecule has 3 heterocycles. The topological polar surface area (TPSA) is 98.7 Å². The van der Waals surface area contributed by atoms with Gasteiger partial charge in [-0.2, -0.15) is 4.98 Å². The molecule has 0 saturated heterocycles. The zero-order valence-electron chi connectivity index (χ0n) is 15.5. The van der Waals surface area contributed by atoms with Gasteiger partial charge in [0.15, 0.2) is 0 Å². The third-order valence-electron chi connectivity index (χ3n) is 4.31. The Labute approximate surface area is 161 Å². The first kappa shape index (κ1) is 17.6. The first-order valence-corrected chi connectivity index (χ1v) is 8.72. The summed E-state index contributed by atoms with van der Waals surface area (Å²) in [5, 5.41) is 6.84. The van der Waals surface area contributed by atoms with Gasteiger partial charge in [0.05, 0.1) is 11.9 Å². The van der Waals surface area contributed by atoms with Crippen LogP contribution in [0.1, 0.15) is 11.1 Å². The summed E-state index contributed by atoms with van der Waals surface area (Å²) in [6.07, 6.45) is 6.59. The number of carbonyl (C=O) groups excluding carboxylic acids is 1. The number of hydrogen-bond acceptors (Lipinski definition) is 6. The molecule has 4 aromatic rings. The smallest absolute Gasteiger partial charge is 0.259 e. The van der Waals surface area contributed by atoms with E-state index < -0.39 is 0 Å². The molecule has 140 valence electrons. The predicted octanol–water partition coefficient (Wildman–Crippen LogP) is 3.25. The average Bonchev–Trinajstić information content (AvgIpc) is 3.35. The molecule has 1 aromatic carbocycles. The fourth-order valence-corrected chi connectivity index (χ4v) is 2.68. The fraction of sp³-hybridized carbons (Fsp3) is 0.150. The van der Waals surface area contributed by atoms with Gasteiger partial charge in [-0.3, -0.25) is 9.78 Å². The number of nitrogens with one attached hydrogen (secondary N) is 1. The lowest BCUT2D eigenvalue weighted by Crippen LogP contribution is -2.17. The van der Waals surface area contributed by atoms with Gasteiger partial charge in [0, 0.05) is 24.3 Å². The number of aryl methyl sites for hydroxylation is 2. The zero-order valence-corrected chi connectivity index (χ0v) is 15.5. The van der Waals surface area contributed by atoms with Gasteiger partial charge < -0.3 is 14.4 Å². The highest BCUT2D eigenvalue weighted by atomic mass is 16.5. The molecular weight excluding hydrogens is 356 g/mol. The number of pyridine rings is 1. The molecule has 0 saturated carbocycles. The van der Waals surface area contributed by atoms with E-state index in [-0.39, 0.29) is 12.5 Å². The lowest BCUT2D eigenvalue weighted by Gasteiger charge is -2.08. The highest BCUT2D eigenvalue weighted by Gasteiger charge is 2.14. The lowest BCUT2D eigenvalue weighted by atomic mass is 10.1. The maximum Gasteiger partial charge on any atom is 0.259 e. The van der Waals surface area contributed by atoms with Gasteiger partial charge in [0.2, 0.25) is 11.7 Å². The summed E-state index contributed by atoms with van der Waals surface area (Å²) >= 11 is 0. The summed E-state index contributed by atoms with van der Waals surface area (Å²) in [5.74, 6) is 0.577. The van der Waals surface area contributed by atoms with Crippen molar-refractivity contribution in [2.24, 2.45) is 0 Å². The van der Waals surface area contributed by atoms with Crippen molar-refractivity contribution in [3.05, 3.63) is 66.4 Å². The van der Waals surface area contributed by atoms with E-state index in [4.69, 9.17) is 4.52 Å². The number of carbonyl (C=O) groups is 1. The zero-order chi connectivity index (χ0) is 19.5. The van der Waals surface area contributed by atoms with Crippen molar-refractivity contribution in [3.8, 4) is 23.0 Å². The first-order valence-electron chi connectivity index (χ1n) is 8.72. The van der Waals surface area contributed by atoms with Crippen molar-refractivity contribution in [2.75, 3.05) is 5.32 Å². The van der Waals surface area contributed by atoms with E-state index >= 15 is 0 Å². The minimum absolute atomic E-state index is 0.132. The Bertz CT molecular complexity index is 1120. The monoisotopic (exact) mass is 374 g/mol. The minimum Gasteiger partial charge on any atom is -0.333 e. The predicted molar refractivity (Wildman–Crippen MR) is 103 cm³/mol. The number of imidazole rings is 1. The molecule has 0 spiro atoms. The van der Waals surface area contributed by atoms with Crippen LogP contribution in [0.3, 0.4) is 0 Å². The van der Waals surface area contributed by atoms with E-state index in [9.17, 15) is 4.79 Å². The largest absolute Gasteiger partial charge is 0.333 e. The second-order valence-electron chi connectivity index (χ2n) is 6.44. The van der Waals surface area contributed by atoms with E-state index in [0.29, 0.717) is 17.4 Å². The molecule has 0 unspecified atom stereocenters. The summed E-state index contributed by atoms with van der Waals surface area (Å²) in [6, 6.07) is 9.45. The van der Waals surface area contributed by atoms with Gasteiger partial charge in [-0.05, 0) is 49.2 Å². The number of nitrogens with zero attached hydrogens (tertiary/aromatic N) is 5. The summed E-state index contributed by atoms with van der Waals surface area (Å²) in [6.45, 7) is 4.18. The van der Waals surface area contributed by atoms with Crippen LogP contribution >= 0.6 is 0 Å². The van der Waals surface area contributed by atoms with E-state index in [1.54, 1.807) is 35.6 Å². The van der Waals surface area contributed by atoms with Crippen LogP contribution in [0.5, 0.6) is 0 Å². The molecular formula is C20H18N6O2. The van der Waals surface area contributed by atoms with Crippen molar-refractivity contribution in [2.45, 2.75) is 20.4 Å². The van der Waals surface area contributed by atoms with Crippen LogP contribution in [0.4, 0.5) is 5.69 Å². The van der Waals surface area contributed by atoms with Gasteiger partial charge in [-0.25, -0.2) is 4.98 Å². The van der Waals surface area contributed by atoms with Crippen LogP contribution in [-0.2, 0) is 11.3 Å². The number of benzene rings is 1. The van der Waals surface area contributed by atoms with E-state index in [0.717, 1.165) is 16.8 Å². The number of hydrogen-bond donors (Lipinski definition) is 1. The van der Waals surface area contributed by atoms with E-state index in [1.165, 1.54) is 5.56 Å². The van der Waals surface area contributed by atoms with Gasteiger partial charge in [-0.1, -0.05) is 11.2 Å². The fourth-order valence-electron chi connectivity index (χ4n) is 2.68. The molecule has 0 aliphatic rings. The Morgan fingerprint density at radius 3 is 2.89 bits per heavy atom. The molecule has 0 aliphatic heterocycles. The number of amides is 1. The van der Waals surface area contributed by atoms with Crippen molar-refractivity contribution >= 4 is 11.6 Å². The molecule has 1 N–H and O–H groups in total. The Balaban J connectivity index is 1.44. The van der Waals surface area contributed by atoms with Crippen LogP contribution in [0.15, 0.2) is 59.8 Å². The molecule has 28 heavy (non-hydrogen) atoms. The van der Waals surface area contributed by atoms with Crippen LogP contribution < -0.4 is 5.32 Å². The summed E-state index contributed by atoms with van der Waals surface area (Å²) in [7, 11) is 0. The molecule has 0 aliphatic carbocycles. The minimum atomic E-state index is -0.142. The van der Waals surface area contributed by atoms with Gasteiger partial charge in [-0.15, -0.1) is 0 Å². The summed E-state index contributed by atoms with van der Waals surface area (Å²) in [5.41, 5.74) is 4.34. The molecule has 0 atom stereocenters. The van der Waals surface area contributed by atoms with E-state index in [2.05, 4.69) is 25.4 Å². The van der Waals surface area contributed by atoms with Gasteiger partial charge in [0.1, 0.15) is 12.2 Å². The Hall–Kier alpha value is -3.81. The van der Waals surface area contributed by atoms with Crippen LogP contribution in [0.2, 0.25) is 0 Å². The van der Waals surface area contributed by atoms with Crippen LogP contribution in [-0.4, -0.2) is 30.6 Å². The third-order valence-corrected chi connectivity index (χ3v) is 4.31.